The predicted molar refractivity (Wildman–Crippen MR) is 177 cm³/mol. The third-order valence-corrected chi connectivity index (χ3v) is 8.04. The lowest BCUT2D eigenvalue weighted by atomic mass is 9.84. The highest BCUT2D eigenvalue weighted by atomic mass is 16.6. The molecule has 2 aliphatic heterocycles. The first-order valence-corrected chi connectivity index (χ1v) is 17.8. The first kappa shape index (κ1) is 43.6. The molecule has 2 aliphatic rings. The minimum absolute atomic E-state index is 0.224. The van der Waals surface area contributed by atoms with Crippen molar-refractivity contribution in [2.75, 3.05) is 185 Å². The highest BCUT2D eigenvalue weighted by molar-refractivity contribution is 4.84. The summed E-state index contributed by atoms with van der Waals surface area (Å²) in [5, 5.41) is 0. The molecule has 14 heteroatoms. The standard InChI is InChI=1S/C34H66O14/c1-3-33(29-47-30-33)27-45-25-23-43-21-19-41-17-15-39-13-11-37-9-7-35-5-6-36-8-10-38-12-14-40-16-18-42-20-22-44-24-26-46-28-34(4-2)31-48-32-34/h3-32H2,1-2H3. The Hall–Kier alpha value is -0.560. The second-order valence-corrected chi connectivity index (χ2v) is 11.9. The van der Waals surface area contributed by atoms with Gasteiger partial charge in [-0.05, 0) is 12.8 Å². The Morgan fingerprint density at radius 1 is 0.292 bits per heavy atom. The molecule has 2 rings (SSSR count). The minimum atomic E-state index is 0.224. The molecule has 0 aromatic heterocycles. The Morgan fingerprint density at radius 3 is 0.583 bits per heavy atom. The summed E-state index contributed by atoms with van der Waals surface area (Å²) < 4.78 is 77.0. The summed E-state index contributed by atoms with van der Waals surface area (Å²) in [5.41, 5.74) is 0.449. The molecule has 286 valence electrons. The molecule has 0 aromatic rings. The molecule has 0 atom stereocenters. The van der Waals surface area contributed by atoms with Crippen LogP contribution in [0.15, 0.2) is 0 Å². The third kappa shape index (κ3) is 23.0. The van der Waals surface area contributed by atoms with Crippen LogP contribution in [-0.4, -0.2) is 185 Å². The van der Waals surface area contributed by atoms with E-state index in [0.29, 0.717) is 145 Å². The van der Waals surface area contributed by atoms with Crippen molar-refractivity contribution in [3.8, 4) is 0 Å². The highest BCUT2D eigenvalue weighted by Crippen LogP contribution is 2.31. The molecular weight excluding hydrogens is 632 g/mol. The lowest BCUT2D eigenvalue weighted by molar-refractivity contribution is -0.153. The first-order chi connectivity index (χ1) is 23.7. The Kier molecular flexibility index (Phi) is 28.3. The van der Waals surface area contributed by atoms with E-state index in [9.17, 15) is 0 Å². The zero-order chi connectivity index (χ0) is 34.1. The van der Waals surface area contributed by atoms with Gasteiger partial charge in [0.1, 0.15) is 0 Å². The molecule has 0 radical (unpaired) electrons. The van der Waals surface area contributed by atoms with Gasteiger partial charge in [0.05, 0.1) is 185 Å². The summed E-state index contributed by atoms with van der Waals surface area (Å²) >= 11 is 0. The molecule has 0 unspecified atom stereocenters. The van der Waals surface area contributed by atoms with E-state index in [0.717, 1.165) is 52.5 Å². The van der Waals surface area contributed by atoms with Crippen molar-refractivity contribution in [1.82, 2.24) is 0 Å². The van der Waals surface area contributed by atoms with Crippen LogP contribution in [0.4, 0.5) is 0 Å². The van der Waals surface area contributed by atoms with Gasteiger partial charge in [-0.2, -0.15) is 0 Å². The molecule has 0 N–H and O–H groups in total. The lowest BCUT2D eigenvalue weighted by Crippen LogP contribution is -2.45. The van der Waals surface area contributed by atoms with Crippen molar-refractivity contribution in [3.63, 3.8) is 0 Å². The van der Waals surface area contributed by atoms with Crippen LogP contribution in [-0.2, 0) is 66.3 Å². The van der Waals surface area contributed by atoms with Crippen molar-refractivity contribution in [3.05, 3.63) is 0 Å². The van der Waals surface area contributed by atoms with Gasteiger partial charge in [-0.25, -0.2) is 0 Å². The lowest BCUT2D eigenvalue weighted by Gasteiger charge is -2.40. The Balaban J connectivity index is 1.12. The maximum atomic E-state index is 5.70. The van der Waals surface area contributed by atoms with E-state index < -0.39 is 0 Å². The van der Waals surface area contributed by atoms with Crippen molar-refractivity contribution in [2.24, 2.45) is 10.8 Å². The maximum absolute atomic E-state index is 5.70. The van der Waals surface area contributed by atoms with Crippen molar-refractivity contribution < 1.29 is 66.3 Å². The van der Waals surface area contributed by atoms with Gasteiger partial charge in [-0.15, -0.1) is 0 Å². The van der Waals surface area contributed by atoms with Crippen LogP contribution in [0.5, 0.6) is 0 Å². The van der Waals surface area contributed by atoms with Gasteiger partial charge in [0.15, 0.2) is 0 Å². The summed E-state index contributed by atoms with van der Waals surface area (Å²) in [6.07, 6.45) is 2.17. The smallest absolute Gasteiger partial charge is 0.0701 e. The summed E-state index contributed by atoms with van der Waals surface area (Å²) in [5.74, 6) is 0. The molecule has 14 nitrogen and oxygen atoms in total. The fraction of sp³-hybridized carbons (Fsp3) is 1.00. The molecule has 0 saturated carbocycles. The first-order valence-electron chi connectivity index (χ1n) is 17.8. The van der Waals surface area contributed by atoms with E-state index >= 15 is 0 Å². The van der Waals surface area contributed by atoms with Gasteiger partial charge >= 0.3 is 0 Å². The van der Waals surface area contributed by atoms with Gasteiger partial charge in [0.25, 0.3) is 0 Å². The van der Waals surface area contributed by atoms with Crippen LogP contribution >= 0.6 is 0 Å². The fourth-order valence-corrected chi connectivity index (χ4v) is 4.45. The van der Waals surface area contributed by atoms with Gasteiger partial charge in [-0.1, -0.05) is 13.8 Å². The molecule has 48 heavy (non-hydrogen) atoms. The highest BCUT2D eigenvalue weighted by Gasteiger charge is 2.37. The Bertz CT molecular complexity index is 613. The molecule has 0 bridgehead atoms. The van der Waals surface area contributed by atoms with E-state index in [1.54, 1.807) is 0 Å². The largest absolute Gasteiger partial charge is 0.380 e. The summed E-state index contributed by atoms with van der Waals surface area (Å²) in [6, 6.07) is 0. The zero-order valence-corrected chi connectivity index (χ0v) is 29.9. The van der Waals surface area contributed by atoms with E-state index in [-0.39, 0.29) is 10.8 Å². The van der Waals surface area contributed by atoms with Gasteiger partial charge in [0, 0.05) is 10.8 Å². The van der Waals surface area contributed by atoms with E-state index in [4.69, 9.17) is 66.3 Å². The van der Waals surface area contributed by atoms with Crippen LogP contribution in [0.3, 0.4) is 0 Å². The van der Waals surface area contributed by atoms with E-state index in [1.165, 1.54) is 0 Å². The average molecular weight is 699 g/mol. The number of hydrogen-bond acceptors (Lipinski definition) is 14. The SMILES string of the molecule is CCC1(COCCOCCOCCOCCOCCOCCOCCOCCOCCOCCOCCOCC2(CC)COC2)COC1. The van der Waals surface area contributed by atoms with Crippen LogP contribution in [0.2, 0.25) is 0 Å². The molecule has 0 spiro atoms. The number of ether oxygens (including phenoxy) is 14. The zero-order valence-electron chi connectivity index (χ0n) is 29.9. The second kappa shape index (κ2) is 31.2. The molecule has 2 saturated heterocycles. The topological polar surface area (TPSA) is 129 Å². The second-order valence-electron chi connectivity index (χ2n) is 11.9. The van der Waals surface area contributed by atoms with E-state index in [1.807, 2.05) is 0 Å². The van der Waals surface area contributed by atoms with Crippen LogP contribution < -0.4 is 0 Å². The minimum Gasteiger partial charge on any atom is -0.380 e. The van der Waals surface area contributed by atoms with Crippen molar-refractivity contribution in [1.29, 1.82) is 0 Å². The number of rotatable bonds is 39. The molecule has 0 amide bonds. The molecule has 0 aromatic carbocycles. The molecule has 0 aliphatic carbocycles. The maximum Gasteiger partial charge on any atom is 0.0701 e. The fourth-order valence-electron chi connectivity index (χ4n) is 4.45. The normalized spacial score (nSPS) is 16.6. The summed E-state index contributed by atoms with van der Waals surface area (Å²) in [7, 11) is 0. The van der Waals surface area contributed by atoms with Crippen LogP contribution in [0, 0.1) is 10.8 Å². The number of hydrogen-bond donors (Lipinski definition) is 0. The third-order valence-electron chi connectivity index (χ3n) is 8.04. The van der Waals surface area contributed by atoms with Crippen LogP contribution in [0.1, 0.15) is 26.7 Å². The molecule has 2 heterocycles. The monoisotopic (exact) mass is 698 g/mol. The Morgan fingerprint density at radius 2 is 0.458 bits per heavy atom. The van der Waals surface area contributed by atoms with Gasteiger partial charge in [-0.3, -0.25) is 0 Å². The average Bonchev–Trinajstić information content (AvgIpc) is 3.06. The summed E-state index contributed by atoms with van der Waals surface area (Å²) in [4.78, 5) is 0. The van der Waals surface area contributed by atoms with Gasteiger partial charge in [0.2, 0.25) is 0 Å². The van der Waals surface area contributed by atoms with Crippen molar-refractivity contribution in [2.45, 2.75) is 26.7 Å². The van der Waals surface area contributed by atoms with Crippen molar-refractivity contribution >= 4 is 0 Å². The quantitative estimate of drug-likeness (QED) is 0.0869. The molecular formula is C34H66O14. The van der Waals surface area contributed by atoms with E-state index in [2.05, 4.69) is 13.8 Å². The molecule has 2 fully saturated rings. The Labute approximate surface area is 288 Å². The van der Waals surface area contributed by atoms with Crippen LogP contribution in [0.25, 0.3) is 0 Å². The summed E-state index contributed by atoms with van der Waals surface area (Å²) in [6.45, 7) is 20.9. The predicted octanol–water partition coefficient (Wildman–Crippen LogP) is 2.04. The van der Waals surface area contributed by atoms with Gasteiger partial charge < -0.3 is 66.3 Å².